The largest absolute Gasteiger partial charge is 0.300 e. The van der Waals surface area contributed by atoms with Gasteiger partial charge in [0.05, 0.1) is 0 Å². The maximum Gasteiger partial charge on any atom is 0.133 e. The normalized spacial score (nSPS) is 16.0. The minimum absolute atomic E-state index is 0.127. The number of rotatable bonds is 8. The standard InChI is InChI=1S/C18H25FOS/c19-18-11-5-4-9-16(18)14-21-12-6-10-17(20)13-15-7-2-1-3-8-15/h4-5,9,11,15H,1-3,6-8,10,12-14H2. The molecule has 0 aromatic heterocycles. The predicted molar refractivity (Wildman–Crippen MR) is 88.0 cm³/mol. The van der Waals surface area contributed by atoms with Crippen LogP contribution in [0.4, 0.5) is 4.39 Å². The van der Waals surface area contributed by atoms with Gasteiger partial charge in [-0.05, 0) is 29.7 Å². The van der Waals surface area contributed by atoms with Gasteiger partial charge >= 0.3 is 0 Å². The summed E-state index contributed by atoms with van der Waals surface area (Å²) >= 11 is 1.72. The molecular weight excluding hydrogens is 283 g/mol. The summed E-state index contributed by atoms with van der Waals surface area (Å²) in [7, 11) is 0. The Hall–Kier alpha value is -0.830. The molecule has 1 aromatic rings. The summed E-state index contributed by atoms with van der Waals surface area (Å²) in [6, 6.07) is 6.92. The zero-order valence-electron chi connectivity index (χ0n) is 12.7. The van der Waals surface area contributed by atoms with Crippen LogP contribution in [0.1, 0.15) is 56.9 Å². The van der Waals surface area contributed by atoms with E-state index in [4.69, 9.17) is 0 Å². The fourth-order valence-electron chi connectivity index (χ4n) is 2.98. The minimum atomic E-state index is -0.127. The van der Waals surface area contributed by atoms with E-state index in [0.717, 1.165) is 24.2 Å². The molecule has 0 amide bonds. The first kappa shape index (κ1) is 16.5. The van der Waals surface area contributed by atoms with Gasteiger partial charge in [-0.25, -0.2) is 4.39 Å². The van der Waals surface area contributed by atoms with E-state index in [2.05, 4.69) is 0 Å². The summed E-state index contributed by atoms with van der Waals surface area (Å²) in [6.07, 6.45) is 8.84. The fourth-order valence-corrected chi connectivity index (χ4v) is 3.93. The van der Waals surface area contributed by atoms with Gasteiger partial charge in [-0.15, -0.1) is 0 Å². The fraction of sp³-hybridized carbons (Fsp3) is 0.611. The molecule has 2 rings (SSSR count). The van der Waals surface area contributed by atoms with E-state index in [1.54, 1.807) is 17.8 Å². The number of halogens is 1. The monoisotopic (exact) mass is 308 g/mol. The molecule has 1 aliphatic rings. The number of ketones is 1. The zero-order chi connectivity index (χ0) is 14.9. The number of carbonyl (C=O) groups excluding carboxylic acids is 1. The van der Waals surface area contributed by atoms with Crippen LogP contribution in [0.2, 0.25) is 0 Å². The third kappa shape index (κ3) is 6.21. The summed E-state index contributed by atoms with van der Waals surface area (Å²) in [5, 5.41) is 0. The Bertz CT molecular complexity index is 441. The van der Waals surface area contributed by atoms with Crippen LogP contribution >= 0.6 is 11.8 Å². The summed E-state index contributed by atoms with van der Waals surface area (Å²) in [5.74, 6) is 2.58. The zero-order valence-corrected chi connectivity index (χ0v) is 13.5. The highest BCUT2D eigenvalue weighted by atomic mass is 32.2. The number of Topliss-reactive ketones (excluding diaryl/α,β-unsaturated/α-hetero) is 1. The van der Waals surface area contributed by atoms with Crippen molar-refractivity contribution in [1.29, 1.82) is 0 Å². The van der Waals surface area contributed by atoms with Crippen molar-refractivity contribution in [3.63, 3.8) is 0 Å². The van der Waals surface area contributed by atoms with Crippen LogP contribution in [0.25, 0.3) is 0 Å². The molecule has 0 spiro atoms. The maximum absolute atomic E-state index is 13.4. The molecule has 1 aliphatic carbocycles. The molecule has 1 fully saturated rings. The summed E-state index contributed by atoms with van der Waals surface area (Å²) in [5.41, 5.74) is 0.760. The average Bonchev–Trinajstić information content (AvgIpc) is 2.50. The van der Waals surface area contributed by atoms with Crippen molar-refractivity contribution in [1.82, 2.24) is 0 Å². The van der Waals surface area contributed by atoms with Gasteiger partial charge < -0.3 is 0 Å². The number of thioether (sulfide) groups is 1. The van der Waals surface area contributed by atoms with E-state index in [1.165, 1.54) is 38.2 Å². The second-order valence-corrected chi connectivity index (χ2v) is 7.10. The van der Waals surface area contributed by atoms with Gasteiger partial charge in [0.15, 0.2) is 0 Å². The molecule has 1 nitrogen and oxygen atoms in total. The van der Waals surface area contributed by atoms with Crippen LogP contribution in [0.5, 0.6) is 0 Å². The van der Waals surface area contributed by atoms with Crippen molar-refractivity contribution in [2.75, 3.05) is 5.75 Å². The molecule has 1 saturated carbocycles. The van der Waals surface area contributed by atoms with Crippen molar-refractivity contribution >= 4 is 17.5 Å². The van der Waals surface area contributed by atoms with Gasteiger partial charge in [-0.1, -0.05) is 50.3 Å². The van der Waals surface area contributed by atoms with Crippen LogP contribution in [0.3, 0.4) is 0 Å². The smallest absolute Gasteiger partial charge is 0.133 e. The molecular formula is C18H25FOS. The predicted octanol–water partition coefficient (Wildman–Crippen LogP) is 5.38. The van der Waals surface area contributed by atoms with Gasteiger partial charge in [0.1, 0.15) is 11.6 Å². The van der Waals surface area contributed by atoms with Gasteiger partial charge in [0.2, 0.25) is 0 Å². The first-order valence-corrected chi connectivity index (χ1v) is 9.24. The van der Waals surface area contributed by atoms with E-state index in [9.17, 15) is 9.18 Å². The Morgan fingerprint density at radius 2 is 1.95 bits per heavy atom. The topological polar surface area (TPSA) is 17.1 Å². The van der Waals surface area contributed by atoms with Crippen molar-refractivity contribution in [2.45, 2.75) is 57.1 Å². The quantitative estimate of drug-likeness (QED) is 0.600. The molecule has 0 bridgehead atoms. The highest BCUT2D eigenvalue weighted by Crippen LogP contribution is 2.27. The molecule has 0 N–H and O–H groups in total. The second-order valence-electron chi connectivity index (χ2n) is 5.99. The van der Waals surface area contributed by atoms with Crippen LogP contribution < -0.4 is 0 Å². The van der Waals surface area contributed by atoms with Gasteiger partial charge in [-0.2, -0.15) is 11.8 Å². The van der Waals surface area contributed by atoms with Crippen LogP contribution in [-0.2, 0) is 10.5 Å². The summed E-state index contributed by atoms with van der Waals surface area (Å²) in [4.78, 5) is 11.9. The highest BCUT2D eigenvalue weighted by Gasteiger charge is 2.16. The lowest BCUT2D eigenvalue weighted by molar-refractivity contribution is -0.120. The van der Waals surface area contributed by atoms with E-state index in [1.807, 2.05) is 12.1 Å². The van der Waals surface area contributed by atoms with Crippen LogP contribution in [0.15, 0.2) is 24.3 Å². The van der Waals surface area contributed by atoms with Gasteiger partial charge in [0, 0.05) is 18.6 Å². The summed E-state index contributed by atoms with van der Waals surface area (Å²) < 4.78 is 13.4. The van der Waals surface area contributed by atoms with E-state index in [-0.39, 0.29) is 5.82 Å². The SMILES string of the molecule is O=C(CCCSCc1ccccc1F)CC1CCCCC1. The highest BCUT2D eigenvalue weighted by molar-refractivity contribution is 7.98. The number of benzene rings is 1. The van der Waals surface area contributed by atoms with Crippen molar-refractivity contribution in [3.05, 3.63) is 35.6 Å². The minimum Gasteiger partial charge on any atom is -0.300 e. The van der Waals surface area contributed by atoms with E-state index < -0.39 is 0 Å². The van der Waals surface area contributed by atoms with E-state index >= 15 is 0 Å². The molecule has 116 valence electrons. The van der Waals surface area contributed by atoms with Gasteiger partial charge in [0.25, 0.3) is 0 Å². The van der Waals surface area contributed by atoms with Crippen molar-refractivity contribution in [2.24, 2.45) is 5.92 Å². The lowest BCUT2D eigenvalue weighted by Crippen LogP contribution is -2.12. The molecule has 0 heterocycles. The third-order valence-corrected chi connectivity index (χ3v) is 5.29. The molecule has 1 aromatic carbocycles. The molecule has 0 atom stereocenters. The Morgan fingerprint density at radius 3 is 2.71 bits per heavy atom. The third-order valence-electron chi connectivity index (χ3n) is 4.20. The number of hydrogen-bond donors (Lipinski definition) is 0. The molecule has 0 saturated heterocycles. The Balaban J connectivity index is 1.55. The lowest BCUT2D eigenvalue weighted by Gasteiger charge is -2.20. The molecule has 0 aliphatic heterocycles. The van der Waals surface area contributed by atoms with Crippen molar-refractivity contribution < 1.29 is 9.18 Å². The molecule has 0 radical (unpaired) electrons. The first-order valence-electron chi connectivity index (χ1n) is 8.08. The Labute approximate surface area is 131 Å². The second kappa shape index (κ2) is 9.24. The van der Waals surface area contributed by atoms with E-state index in [0.29, 0.717) is 23.9 Å². The first-order chi connectivity index (χ1) is 10.3. The number of hydrogen-bond acceptors (Lipinski definition) is 2. The molecule has 3 heteroatoms. The Morgan fingerprint density at radius 1 is 1.19 bits per heavy atom. The lowest BCUT2D eigenvalue weighted by atomic mass is 9.85. The number of carbonyl (C=O) groups is 1. The van der Waals surface area contributed by atoms with Crippen LogP contribution in [-0.4, -0.2) is 11.5 Å². The van der Waals surface area contributed by atoms with Crippen LogP contribution in [0, 0.1) is 11.7 Å². The molecule has 21 heavy (non-hydrogen) atoms. The summed E-state index contributed by atoms with van der Waals surface area (Å²) in [6.45, 7) is 0. The maximum atomic E-state index is 13.4. The average molecular weight is 308 g/mol. The van der Waals surface area contributed by atoms with Crippen molar-refractivity contribution in [3.8, 4) is 0 Å². The Kier molecular flexibility index (Phi) is 7.28. The molecule has 0 unspecified atom stereocenters. The van der Waals surface area contributed by atoms with Gasteiger partial charge in [-0.3, -0.25) is 4.79 Å².